The molecule has 1 aliphatic heterocycles. The van der Waals surface area contributed by atoms with Crippen molar-refractivity contribution in [3.63, 3.8) is 0 Å². The number of aliphatic hydroxyl groups is 1. The number of carbonyl (C=O) groups excluding carboxylic acids is 1. The van der Waals surface area contributed by atoms with E-state index in [9.17, 15) is 50.1 Å². The summed E-state index contributed by atoms with van der Waals surface area (Å²) in [5.41, 5.74) is -2.50. The van der Waals surface area contributed by atoms with Gasteiger partial charge in [-0.2, -0.15) is 40.2 Å². The van der Waals surface area contributed by atoms with Crippen LogP contribution in [0.25, 0.3) is 17.2 Å². The summed E-state index contributed by atoms with van der Waals surface area (Å²) in [6.07, 6.45) is -14.3. The van der Waals surface area contributed by atoms with E-state index in [1.54, 1.807) is 0 Å². The lowest BCUT2D eigenvalue weighted by molar-refractivity contribution is -0.284. The highest BCUT2D eigenvalue weighted by Crippen LogP contribution is 2.47. The van der Waals surface area contributed by atoms with E-state index in [1.807, 2.05) is 0 Å². The summed E-state index contributed by atoms with van der Waals surface area (Å²) in [5, 5.41) is 28.4. The number of phenolic OH excluding ortho intramolecular Hbond substituents is 1. The molecule has 20 heteroatoms. The van der Waals surface area contributed by atoms with Gasteiger partial charge in [0.05, 0.1) is 29.0 Å². The third kappa shape index (κ3) is 5.76. The van der Waals surface area contributed by atoms with Gasteiger partial charge in [0.25, 0.3) is 0 Å². The number of aliphatic hydroxyl groups excluding tert-OH is 1. The van der Waals surface area contributed by atoms with Crippen molar-refractivity contribution in [2.75, 3.05) is 17.2 Å². The molecule has 0 saturated heterocycles. The predicted molar refractivity (Wildman–Crippen MR) is 140 cm³/mol. The molecule has 4 N–H and O–H groups in total. The van der Waals surface area contributed by atoms with Gasteiger partial charge in [-0.3, -0.25) is 4.79 Å². The van der Waals surface area contributed by atoms with Crippen molar-refractivity contribution in [2.45, 2.75) is 49.6 Å². The molecule has 1 aromatic carbocycles. The zero-order chi connectivity index (χ0) is 33.1. The second-order valence-corrected chi connectivity index (χ2v) is 10.5. The highest BCUT2D eigenvalue weighted by Gasteiger charge is 2.56. The van der Waals surface area contributed by atoms with Gasteiger partial charge in [0.1, 0.15) is 34.8 Å². The summed E-state index contributed by atoms with van der Waals surface area (Å²) in [6, 6.07) is 3.81. The molecular weight excluding hydrogens is 648 g/mol. The van der Waals surface area contributed by atoms with Gasteiger partial charge in [0.15, 0.2) is 17.6 Å². The molecule has 1 aliphatic rings. The first kappa shape index (κ1) is 32.0. The first-order valence-electron chi connectivity index (χ1n) is 12.7. The Balaban J connectivity index is 1.64. The van der Waals surface area contributed by atoms with Gasteiger partial charge in [0.2, 0.25) is 5.91 Å². The van der Waals surface area contributed by atoms with Crippen molar-refractivity contribution in [2.24, 2.45) is 0 Å². The number of rotatable bonds is 8. The molecule has 0 saturated carbocycles. The number of amides is 1. The summed E-state index contributed by atoms with van der Waals surface area (Å²) < 4.78 is 106. The Bertz CT molecular complexity index is 1800. The summed E-state index contributed by atoms with van der Waals surface area (Å²) in [7, 11) is 0. The van der Waals surface area contributed by atoms with Crippen LogP contribution < -0.4 is 10.6 Å². The number of alkyl halides is 8. The van der Waals surface area contributed by atoms with Gasteiger partial charge in [-0.1, -0.05) is 17.7 Å². The number of aromatic nitrogens is 6. The molecule has 1 amide bonds. The van der Waals surface area contributed by atoms with Crippen molar-refractivity contribution >= 4 is 34.8 Å². The molecule has 5 rings (SSSR count). The highest BCUT2D eigenvalue weighted by molar-refractivity contribution is 6.32. The molecule has 45 heavy (non-hydrogen) atoms. The first-order valence-corrected chi connectivity index (χ1v) is 13.1. The van der Waals surface area contributed by atoms with E-state index < -0.39 is 72.5 Å². The number of fused-ring (bicyclic) bond motifs is 2. The highest BCUT2D eigenvalue weighted by atomic mass is 35.5. The molecule has 0 bridgehead atoms. The van der Waals surface area contributed by atoms with Crippen molar-refractivity contribution in [1.82, 2.24) is 29.5 Å². The number of hydrogen-bond acceptors (Lipinski definition) is 9. The SMILES string of the molecule is C[C@@]1(c2ccc(Cl)c(O)c2)C(=O)Nc2nc(-c3cn4ncnc4c(CCC(F)(F)C(F)(F)F)n3)nc(NC[C@H](O)C(F)(F)F)c21. The number of nitrogens with zero attached hydrogens (tertiary/aromatic N) is 6. The van der Waals surface area contributed by atoms with Crippen molar-refractivity contribution in [3.8, 4) is 17.3 Å². The number of anilines is 2. The zero-order valence-electron chi connectivity index (χ0n) is 22.5. The molecule has 0 unspecified atom stereocenters. The van der Waals surface area contributed by atoms with Crippen LogP contribution in [0.15, 0.2) is 30.7 Å². The van der Waals surface area contributed by atoms with Gasteiger partial charge >= 0.3 is 18.3 Å². The summed E-state index contributed by atoms with van der Waals surface area (Å²) >= 11 is 5.89. The predicted octanol–water partition coefficient (Wildman–Crippen LogP) is 4.66. The van der Waals surface area contributed by atoms with Crippen LogP contribution in [0.5, 0.6) is 5.75 Å². The second kappa shape index (κ2) is 10.9. The van der Waals surface area contributed by atoms with Crippen LogP contribution in [0.1, 0.15) is 30.2 Å². The van der Waals surface area contributed by atoms with E-state index in [2.05, 4.69) is 35.7 Å². The van der Waals surface area contributed by atoms with E-state index in [-0.39, 0.29) is 39.0 Å². The lowest BCUT2D eigenvalue weighted by Gasteiger charge is -2.25. The normalized spacial score (nSPS) is 17.8. The summed E-state index contributed by atoms with van der Waals surface area (Å²) in [6.45, 7) is 0.222. The topological polar surface area (TPSA) is 150 Å². The molecule has 4 heterocycles. The van der Waals surface area contributed by atoms with Gasteiger partial charge in [-0.25, -0.2) is 24.5 Å². The van der Waals surface area contributed by atoms with E-state index >= 15 is 0 Å². The molecule has 0 spiro atoms. The number of nitrogens with one attached hydrogen (secondary N) is 2. The Morgan fingerprint density at radius 1 is 1.11 bits per heavy atom. The number of phenols is 1. The Kier molecular flexibility index (Phi) is 7.75. The van der Waals surface area contributed by atoms with Crippen molar-refractivity contribution < 1.29 is 50.1 Å². The molecule has 0 fully saturated rings. The lowest BCUT2D eigenvalue weighted by atomic mass is 9.77. The molecule has 3 aromatic heterocycles. The maximum absolute atomic E-state index is 13.7. The lowest BCUT2D eigenvalue weighted by Crippen LogP contribution is -2.36. The number of carbonyl (C=O) groups is 1. The fourth-order valence-corrected chi connectivity index (χ4v) is 4.72. The summed E-state index contributed by atoms with van der Waals surface area (Å²) in [4.78, 5) is 29.7. The zero-order valence-corrected chi connectivity index (χ0v) is 23.2. The molecule has 0 aliphatic carbocycles. The Hall–Kier alpha value is -4.39. The third-order valence-electron chi connectivity index (χ3n) is 7.11. The maximum atomic E-state index is 13.7. The quantitative estimate of drug-likeness (QED) is 0.197. The third-order valence-corrected chi connectivity index (χ3v) is 7.43. The molecular formula is C25H19ClF8N8O3. The minimum atomic E-state index is -5.83. The Morgan fingerprint density at radius 3 is 2.47 bits per heavy atom. The average Bonchev–Trinajstić information content (AvgIpc) is 3.53. The van der Waals surface area contributed by atoms with Crippen molar-refractivity contribution in [1.29, 1.82) is 0 Å². The number of halogens is 9. The Morgan fingerprint density at radius 2 is 1.82 bits per heavy atom. The van der Waals surface area contributed by atoms with E-state index in [0.717, 1.165) is 23.1 Å². The maximum Gasteiger partial charge on any atom is 0.453 e. The minimum Gasteiger partial charge on any atom is -0.506 e. The standard InChI is InChI=1S/C25H19ClF8N8O3/c1-22(10-2-3-11(26)14(43)6-10)16-18(35-7-15(44)24(29,30)31)39-17(40-19(16)41-21(22)45)13-8-42-20(36-9-37-42)12(38-13)4-5-23(27,28)25(32,33)34/h2-3,6,8-9,15,43-44H,4-5,7H2,1H3,(H2,35,39,40,41,45)/t15-,22-/m0/s1. The van der Waals surface area contributed by atoms with Gasteiger partial charge in [-0.05, 0) is 31.0 Å². The Labute approximate surface area is 251 Å². The van der Waals surface area contributed by atoms with Crippen molar-refractivity contribution in [3.05, 3.63) is 52.6 Å². The van der Waals surface area contributed by atoms with Crippen LogP contribution in [0.2, 0.25) is 5.02 Å². The second-order valence-electron chi connectivity index (χ2n) is 10.1. The summed E-state index contributed by atoms with van der Waals surface area (Å²) in [5.74, 6) is -7.28. The molecule has 11 nitrogen and oxygen atoms in total. The minimum absolute atomic E-state index is 0.0578. The smallest absolute Gasteiger partial charge is 0.453 e. The van der Waals surface area contributed by atoms with Gasteiger partial charge in [-0.15, -0.1) is 0 Å². The fraction of sp³-hybridized carbons (Fsp3) is 0.360. The monoisotopic (exact) mass is 666 g/mol. The largest absolute Gasteiger partial charge is 0.506 e. The van der Waals surface area contributed by atoms with Gasteiger partial charge < -0.3 is 20.8 Å². The molecule has 2 atom stereocenters. The first-order chi connectivity index (χ1) is 20.8. The fourth-order valence-electron chi connectivity index (χ4n) is 4.61. The molecule has 240 valence electrons. The molecule has 0 radical (unpaired) electrons. The molecule has 4 aromatic rings. The van der Waals surface area contributed by atoms with Crippen LogP contribution in [0, 0.1) is 0 Å². The van der Waals surface area contributed by atoms with E-state index in [0.29, 0.717) is 0 Å². The number of benzene rings is 1. The van der Waals surface area contributed by atoms with E-state index in [1.165, 1.54) is 19.1 Å². The van der Waals surface area contributed by atoms with Crippen LogP contribution in [0.3, 0.4) is 0 Å². The number of aromatic hydroxyl groups is 1. The number of hydrogen-bond donors (Lipinski definition) is 4. The number of aryl methyl sites for hydroxylation is 1. The van der Waals surface area contributed by atoms with E-state index in [4.69, 9.17) is 11.6 Å². The van der Waals surface area contributed by atoms with Crippen LogP contribution in [-0.4, -0.2) is 76.6 Å². The van der Waals surface area contributed by atoms with Crippen LogP contribution >= 0.6 is 11.6 Å². The van der Waals surface area contributed by atoms with Gasteiger partial charge in [0, 0.05) is 6.42 Å². The van der Waals surface area contributed by atoms with Crippen LogP contribution in [-0.2, 0) is 16.6 Å². The average molecular weight is 667 g/mol. The van der Waals surface area contributed by atoms with Crippen LogP contribution in [0.4, 0.5) is 46.8 Å².